The molecule has 3 amide bonds. The molecule has 1 aromatic heterocycles. The van der Waals surface area contributed by atoms with Gasteiger partial charge in [-0.3, -0.25) is 15.0 Å². The normalized spacial score (nSPS) is 14.6. The van der Waals surface area contributed by atoms with E-state index in [1.54, 1.807) is 18.4 Å². The standard InChI is InChI=1S/C22H29N3O3S/c1-28-20-12-6-5-8-17(20)14-25(15-19-11-7-13-29-19)16-21(26)24-22(27)23-18-9-3-2-4-10-18/h5-8,11-13,18H,2-4,9-10,14-16H2,1H3,(H2,23,24,26,27). The van der Waals surface area contributed by atoms with Crippen LogP contribution in [0.15, 0.2) is 41.8 Å². The topological polar surface area (TPSA) is 70.7 Å². The van der Waals surface area contributed by atoms with Crippen molar-refractivity contribution < 1.29 is 14.3 Å². The van der Waals surface area contributed by atoms with Crippen LogP contribution in [0.3, 0.4) is 0 Å². The maximum absolute atomic E-state index is 12.5. The predicted molar refractivity (Wildman–Crippen MR) is 115 cm³/mol. The number of benzene rings is 1. The van der Waals surface area contributed by atoms with Crippen molar-refractivity contribution in [3.05, 3.63) is 52.2 Å². The second kappa shape index (κ2) is 11.0. The Labute approximate surface area is 176 Å². The van der Waals surface area contributed by atoms with Gasteiger partial charge in [-0.1, -0.05) is 43.5 Å². The largest absolute Gasteiger partial charge is 0.496 e. The van der Waals surface area contributed by atoms with Crippen LogP contribution in [0.2, 0.25) is 0 Å². The molecule has 1 aliphatic rings. The minimum absolute atomic E-state index is 0.133. The summed E-state index contributed by atoms with van der Waals surface area (Å²) in [5.74, 6) is 0.490. The highest BCUT2D eigenvalue weighted by atomic mass is 32.1. The molecule has 156 valence electrons. The van der Waals surface area contributed by atoms with Crippen molar-refractivity contribution in [2.45, 2.75) is 51.2 Å². The summed E-state index contributed by atoms with van der Waals surface area (Å²) in [4.78, 5) is 27.9. The fourth-order valence-corrected chi connectivity index (χ4v) is 4.45. The van der Waals surface area contributed by atoms with Crippen LogP contribution < -0.4 is 15.4 Å². The van der Waals surface area contributed by atoms with E-state index in [0.29, 0.717) is 13.1 Å². The zero-order valence-electron chi connectivity index (χ0n) is 16.9. The van der Waals surface area contributed by atoms with E-state index >= 15 is 0 Å². The van der Waals surface area contributed by atoms with Crippen molar-refractivity contribution in [2.75, 3.05) is 13.7 Å². The third-order valence-electron chi connectivity index (χ3n) is 5.11. The summed E-state index contributed by atoms with van der Waals surface area (Å²) in [6.45, 7) is 1.32. The van der Waals surface area contributed by atoms with Crippen molar-refractivity contribution in [1.29, 1.82) is 0 Å². The first-order chi connectivity index (χ1) is 14.1. The SMILES string of the molecule is COc1ccccc1CN(CC(=O)NC(=O)NC1CCCCC1)Cc1cccs1. The summed E-state index contributed by atoms with van der Waals surface area (Å²) in [6.07, 6.45) is 5.46. The Morgan fingerprint density at radius 2 is 1.90 bits per heavy atom. The molecule has 2 N–H and O–H groups in total. The van der Waals surface area contributed by atoms with Gasteiger partial charge in [0.1, 0.15) is 5.75 Å². The van der Waals surface area contributed by atoms with Crippen LogP contribution in [-0.2, 0) is 17.9 Å². The Hall–Kier alpha value is -2.38. The summed E-state index contributed by atoms with van der Waals surface area (Å²) >= 11 is 1.65. The van der Waals surface area contributed by atoms with Crippen LogP contribution >= 0.6 is 11.3 Å². The molecule has 1 fully saturated rings. The number of nitrogens with zero attached hydrogens (tertiary/aromatic N) is 1. The number of methoxy groups -OCH3 is 1. The lowest BCUT2D eigenvalue weighted by Gasteiger charge is -2.24. The number of hydrogen-bond donors (Lipinski definition) is 2. The average molecular weight is 416 g/mol. The first-order valence-electron chi connectivity index (χ1n) is 10.1. The minimum Gasteiger partial charge on any atom is -0.496 e. The third kappa shape index (κ3) is 6.87. The summed E-state index contributed by atoms with van der Waals surface area (Å²) < 4.78 is 5.45. The van der Waals surface area contributed by atoms with Crippen molar-refractivity contribution in [3.63, 3.8) is 0 Å². The Bertz CT molecular complexity index is 788. The first-order valence-corrected chi connectivity index (χ1v) is 11.0. The molecule has 7 heteroatoms. The molecule has 1 heterocycles. The highest BCUT2D eigenvalue weighted by Gasteiger charge is 2.19. The second-order valence-corrected chi connectivity index (χ2v) is 8.43. The molecule has 0 saturated heterocycles. The molecule has 0 bridgehead atoms. The maximum atomic E-state index is 12.5. The molecule has 29 heavy (non-hydrogen) atoms. The van der Waals surface area contributed by atoms with E-state index in [1.165, 1.54) is 11.3 Å². The molecule has 0 unspecified atom stereocenters. The lowest BCUT2D eigenvalue weighted by Crippen LogP contribution is -2.47. The molecular formula is C22H29N3O3S. The second-order valence-electron chi connectivity index (χ2n) is 7.39. The quantitative estimate of drug-likeness (QED) is 0.686. The monoisotopic (exact) mass is 415 g/mol. The molecule has 0 aliphatic heterocycles. The van der Waals surface area contributed by atoms with Gasteiger partial charge in [-0.25, -0.2) is 4.79 Å². The number of ether oxygens (including phenoxy) is 1. The molecule has 1 aromatic carbocycles. The first kappa shape index (κ1) is 21.3. The number of nitrogens with one attached hydrogen (secondary N) is 2. The van der Waals surface area contributed by atoms with E-state index in [0.717, 1.165) is 37.0 Å². The van der Waals surface area contributed by atoms with E-state index in [4.69, 9.17) is 4.74 Å². The van der Waals surface area contributed by atoms with Gasteiger partial charge in [-0.15, -0.1) is 11.3 Å². The molecule has 0 atom stereocenters. The van der Waals surface area contributed by atoms with Crippen molar-refractivity contribution in [3.8, 4) is 5.75 Å². The van der Waals surface area contributed by atoms with Crippen LogP contribution in [0.5, 0.6) is 5.75 Å². The van der Waals surface area contributed by atoms with E-state index in [1.807, 2.05) is 46.7 Å². The van der Waals surface area contributed by atoms with Crippen LogP contribution in [0.25, 0.3) is 0 Å². The average Bonchev–Trinajstić information content (AvgIpc) is 3.22. The van der Waals surface area contributed by atoms with Gasteiger partial charge < -0.3 is 10.1 Å². The number of carbonyl (C=O) groups excluding carboxylic acids is 2. The van der Waals surface area contributed by atoms with E-state index in [9.17, 15) is 9.59 Å². The zero-order valence-corrected chi connectivity index (χ0v) is 17.7. The lowest BCUT2D eigenvalue weighted by atomic mass is 9.96. The molecule has 0 spiro atoms. The van der Waals surface area contributed by atoms with Gasteiger partial charge in [0.25, 0.3) is 0 Å². The fourth-order valence-electron chi connectivity index (χ4n) is 3.70. The van der Waals surface area contributed by atoms with Gasteiger partial charge in [0.2, 0.25) is 5.91 Å². The number of imide groups is 1. The van der Waals surface area contributed by atoms with Gasteiger partial charge in [0.05, 0.1) is 13.7 Å². The number of amides is 3. The number of hydrogen-bond acceptors (Lipinski definition) is 5. The Morgan fingerprint density at radius 1 is 1.10 bits per heavy atom. The van der Waals surface area contributed by atoms with E-state index in [2.05, 4.69) is 10.6 Å². The van der Waals surface area contributed by atoms with Crippen LogP contribution in [0.4, 0.5) is 4.79 Å². The van der Waals surface area contributed by atoms with Crippen LogP contribution in [0, 0.1) is 0 Å². The molecule has 2 aromatic rings. The van der Waals surface area contributed by atoms with Crippen LogP contribution in [-0.4, -0.2) is 36.5 Å². The van der Waals surface area contributed by atoms with Crippen molar-refractivity contribution >= 4 is 23.3 Å². The molecule has 6 nitrogen and oxygen atoms in total. The minimum atomic E-state index is -0.393. The predicted octanol–water partition coefficient (Wildman–Crippen LogP) is 3.92. The highest BCUT2D eigenvalue weighted by Crippen LogP contribution is 2.21. The number of para-hydroxylation sites is 1. The molecule has 3 rings (SSSR count). The summed E-state index contributed by atoms with van der Waals surface area (Å²) in [5, 5.41) is 7.44. The van der Waals surface area contributed by atoms with Crippen LogP contribution in [0.1, 0.15) is 42.5 Å². The molecule has 0 radical (unpaired) electrons. The Kier molecular flexibility index (Phi) is 8.07. The van der Waals surface area contributed by atoms with Crippen molar-refractivity contribution in [1.82, 2.24) is 15.5 Å². The summed E-state index contributed by atoms with van der Waals surface area (Å²) in [5.41, 5.74) is 1.01. The molecule has 1 aliphatic carbocycles. The zero-order chi connectivity index (χ0) is 20.5. The van der Waals surface area contributed by atoms with Gasteiger partial charge in [0, 0.05) is 29.6 Å². The highest BCUT2D eigenvalue weighted by molar-refractivity contribution is 7.09. The smallest absolute Gasteiger partial charge is 0.321 e. The number of urea groups is 1. The van der Waals surface area contributed by atoms with Gasteiger partial charge in [-0.05, 0) is 30.4 Å². The summed E-state index contributed by atoms with van der Waals surface area (Å²) in [7, 11) is 1.64. The lowest BCUT2D eigenvalue weighted by molar-refractivity contribution is -0.121. The van der Waals surface area contributed by atoms with Gasteiger partial charge in [0.15, 0.2) is 0 Å². The third-order valence-corrected chi connectivity index (χ3v) is 5.97. The Balaban J connectivity index is 1.59. The van der Waals surface area contributed by atoms with E-state index in [-0.39, 0.29) is 18.5 Å². The van der Waals surface area contributed by atoms with Gasteiger partial charge >= 0.3 is 6.03 Å². The molecular weight excluding hydrogens is 386 g/mol. The Morgan fingerprint density at radius 3 is 2.62 bits per heavy atom. The van der Waals surface area contributed by atoms with Crippen molar-refractivity contribution in [2.24, 2.45) is 0 Å². The maximum Gasteiger partial charge on any atom is 0.321 e. The number of thiophene rings is 1. The number of rotatable bonds is 8. The number of carbonyl (C=O) groups is 2. The summed E-state index contributed by atoms with van der Waals surface area (Å²) in [6, 6.07) is 11.6. The van der Waals surface area contributed by atoms with E-state index < -0.39 is 6.03 Å². The fraction of sp³-hybridized carbons (Fsp3) is 0.455. The van der Waals surface area contributed by atoms with Gasteiger partial charge in [-0.2, -0.15) is 0 Å². The molecule has 1 saturated carbocycles.